The molecule has 8 heteroatoms. The van der Waals surface area contributed by atoms with Crippen molar-refractivity contribution in [2.75, 3.05) is 0 Å². The van der Waals surface area contributed by atoms with Crippen LogP contribution in [0.3, 0.4) is 0 Å². The van der Waals surface area contributed by atoms with E-state index < -0.39 is 0 Å². The van der Waals surface area contributed by atoms with Gasteiger partial charge in [0.25, 0.3) is 0 Å². The maximum atomic E-state index is 14.1. The molecule has 8 nitrogen and oxygen atoms in total. The van der Waals surface area contributed by atoms with E-state index in [1.807, 2.05) is 37.2 Å². The third-order valence-corrected chi connectivity index (χ3v) is 10.4. The first-order chi connectivity index (χ1) is 20.5. The first kappa shape index (κ1) is 29.6. The Labute approximate surface area is 254 Å². The van der Waals surface area contributed by atoms with Crippen LogP contribution < -0.4 is 0 Å². The lowest BCUT2D eigenvalue weighted by Crippen LogP contribution is -2.44. The zero-order valence-corrected chi connectivity index (χ0v) is 26.4. The highest BCUT2D eigenvalue weighted by atomic mass is 16.2. The summed E-state index contributed by atoms with van der Waals surface area (Å²) in [6, 6.07) is 3.92. The van der Waals surface area contributed by atoms with E-state index in [9.17, 15) is 14.4 Å². The summed E-state index contributed by atoms with van der Waals surface area (Å²) in [7, 11) is 0. The minimum Gasteiger partial charge on any atom is -0.327 e. The van der Waals surface area contributed by atoms with Crippen molar-refractivity contribution in [1.29, 1.82) is 0 Å². The number of piperidine rings is 1. The van der Waals surface area contributed by atoms with E-state index in [0.29, 0.717) is 17.9 Å². The lowest BCUT2D eigenvalue weighted by molar-refractivity contribution is -0.139. The molecule has 2 aromatic heterocycles. The summed E-state index contributed by atoms with van der Waals surface area (Å²) in [5.74, 6) is 0.650. The van der Waals surface area contributed by atoms with Gasteiger partial charge >= 0.3 is 0 Å². The van der Waals surface area contributed by atoms with Crippen molar-refractivity contribution in [3.8, 4) is 11.1 Å². The molecule has 1 aliphatic carbocycles. The number of ketones is 2. The van der Waals surface area contributed by atoms with Crippen LogP contribution in [0.1, 0.15) is 114 Å². The van der Waals surface area contributed by atoms with E-state index >= 15 is 0 Å². The molecular weight excluding hydrogens is 538 g/mol. The van der Waals surface area contributed by atoms with E-state index in [-0.39, 0.29) is 46.9 Å². The predicted molar refractivity (Wildman–Crippen MR) is 167 cm³/mol. The second kappa shape index (κ2) is 11.3. The van der Waals surface area contributed by atoms with E-state index in [4.69, 9.17) is 5.10 Å². The van der Waals surface area contributed by atoms with Crippen LogP contribution in [0.2, 0.25) is 0 Å². The fraction of sp³-hybridized carbons (Fsp3) is 0.600. The number of benzene rings is 1. The van der Waals surface area contributed by atoms with Crippen molar-refractivity contribution in [3.05, 3.63) is 41.6 Å². The molecule has 0 radical (unpaired) electrons. The Morgan fingerprint density at radius 1 is 0.977 bits per heavy atom. The molecule has 2 bridgehead atoms. The van der Waals surface area contributed by atoms with Crippen molar-refractivity contribution in [1.82, 2.24) is 24.6 Å². The third kappa shape index (κ3) is 5.65. The first-order valence-electron chi connectivity index (χ1n) is 16.2. The molecule has 3 atom stereocenters. The highest BCUT2D eigenvalue weighted by Gasteiger charge is 2.66. The van der Waals surface area contributed by atoms with Crippen molar-refractivity contribution >= 4 is 28.4 Å². The second-order valence-corrected chi connectivity index (χ2v) is 14.1. The number of hydrogen-bond donors (Lipinski definition) is 0. The zero-order chi connectivity index (χ0) is 30.5. The lowest BCUT2D eigenvalue weighted by Gasteiger charge is -2.27. The lowest BCUT2D eigenvalue weighted by atomic mass is 9.80. The van der Waals surface area contributed by atoms with Gasteiger partial charge in [0.05, 0.1) is 11.6 Å². The number of hydrogen-bond acceptors (Lipinski definition) is 6. The number of carbonyl (C=O) groups excluding carboxylic acids is 3. The van der Waals surface area contributed by atoms with Crippen LogP contribution in [0.5, 0.6) is 0 Å². The Hall–Kier alpha value is -3.42. The molecule has 1 saturated heterocycles. The van der Waals surface area contributed by atoms with Gasteiger partial charge < -0.3 is 4.90 Å². The molecule has 0 spiro atoms. The number of Topliss-reactive ketones (excluding diaryl/α,β-unsaturated/α-hetero) is 2. The fourth-order valence-electron chi connectivity index (χ4n) is 7.89. The Morgan fingerprint density at radius 2 is 1.72 bits per heavy atom. The fourth-order valence-corrected chi connectivity index (χ4v) is 7.89. The van der Waals surface area contributed by atoms with Crippen molar-refractivity contribution in [3.63, 3.8) is 0 Å². The predicted octanol–water partition coefficient (Wildman–Crippen LogP) is 6.66. The summed E-state index contributed by atoms with van der Waals surface area (Å²) in [5.41, 5.74) is 4.47. The Kier molecular flexibility index (Phi) is 7.76. The number of aryl methyl sites for hydroxylation is 2. The maximum absolute atomic E-state index is 14.1. The van der Waals surface area contributed by atoms with Gasteiger partial charge in [0.1, 0.15) is 18.1 Å². The van der Waals surface area contributed by atoms with Gasteiger partial charge in [-0.05, 0) is 86.0 Å². The zero-order valence-electron chi connectivity index (χ0n) is 26.4. The molecular formula is C35H45N5O3. The van der Waals surface area contributed by atoms with Crippen LogP contribution in [0.15, 0.2) is 24.5 Å². The Bertz CT molecular complexity index is 1570. The second-order valence-electron chi connectivity index (χ2n) is 14.1. The molecule has 228 valence electrons. The average molecular weight is 584 g/mol. The summed E-state index contributed by atoms with van der Waals surface area (Å²) in [6.07, 6.45) is 14.5. The monoisotopic (exact) mass is 583 g/mol. The summed E-state index contributed by atoms with van der Waals surface area (Å²) in [6.45, 7) is 10.1. The number of aromatic nitrogens is 4. The number of nitrogens with zero attached hydrogens (tertiary/aromatic N) is 5. The maximum Gasteiger partial charge on any atom is 0.245 e. The molecule has 1 aromatic carbocycles. The highest BCUT2D eigenvalue weighted by Crippen LogP contribution is 2.63. The molecule has 0 unspecified atom stereocenters. The minimum absolute atomic E-state index is 0.0247. The molecule has 6 rings (SSSR count). The minimum atomic E-state index is -0.357. The van der Waals surface area contributed by atoms with Gasteiger partial charge in [-0.2, -0.15) is 5.10 Å². The van der Waals surface area contributed by atoms with Gasteiger partial charge in [-0.25, -0.2) is 9.97 Å². The molecule has 1 saturated carbocycles. The number of rotatable bonds is 4. The summed E-state index contributed by atoms with van der Waals surface area (Å²) in [4.78, 5) is 50.9. The quantitative estimate of drug-likeness (QED) is 0.319. The number of carbonyl (C=O) groups is 3. The molecule has 4 heterocycles. The number of amides is 1. The van der Waals surface area contributed by atoms with Crippen LogP contribution in [0.4, 0.5) is 0 Å². The Morgan fingerprint density at radius 3 is 2.44 bits per heavy atom. The van der Waals surface area contributed by atoms with E-state index in [1.54, 1.807) is 4.68 Å². The molecule has 3 aliphatic rings. The van der Waals surface area contributed by atoms with Gasteiger partial charge in [-0.3, -0.25) is 19.1 Å². The molecule has 2 fully saturated rings. The van der Waals surface area contributed by atoms with E-state index in [2.05, 4.69) is 29.9 Å². The molecule has 3 aromatic rings. The first-order valence-corrected chi connectivity index (χ1v) is 16.2. The average Bonchev–Trinajstić information content (AvgIpc) is 3.37. The van der Waals surface area contributed by atoms with Crippen LogP contribution in [0, 0.1) is 17.8 Å². The van der Waals surface area contributed by atoms with Crippen molar-refractivity contribution < 1.29 is 14.4 Å². The van der Waals surface area contributed by atoms with Gasteiger partial charge in [-0.15, -0.1) is 0 Å². The van der Waals surface area contributed by atoms with E-state index in [1.165, 1.54) is 26.2 Å². The van der Waals surface area contributed by atoms with Crippen molar-refractivity contribution in [2.24, 2.45) is 10.8 Å². The largest absolute Gasteiger partial charge is 0.327 e. The van der Waals surface area contributed by atoms with Crippen LogP contribution in [-0.2, 0) is 22.6 Å². The van der Waals surface area contributed by atoms with Gasteiger partial charge in [0, 0.05) is 42.7 Å². The normalized spacial score (nSPS) is 25.8. The smallest absolute Gasteiger partial charge is 0.245 e. The molecule has 2 aliphatic heterocycles. The van der Waals surface area contributed by atoms with Crippen LogP contribution in [-0.4, -0.2) is 54.2 Å². The van der Waals surface area contributed by atoms with Crippen molar-refractivity contribution in [2.45, 2.75) is 124 Å². The molecule has 43 heavy (non-hydrogen) atoms. The van der Waals surface area contributed by atoms with E-state index in [0.717, 1.165) is 72.5 Å². The topological polar surface area (TPSA) is 98.0 Å². The Balaban J connectivity index is 1.45. The molecule has 0 N–H and O–H groups in total. The van der Waals surface area contributed by atoms with Gasteiger partial charge in [0.15, 0.2) is 11.6 Å². The summed E-state index contributed by atoms with van der Waals surface area (Å²) < 4.78 is 1.75. The standard InChI is InChI=1S/C35H45N5O3/c1-6-29(42)28-17-35-14-10-13-34(4,5)12-9-7-8-11-24-15-25(26-19-36-23(3)37-20-26)16-27-32(22(2)41)38-39(33(24)27)21-31(43)40(28)30(35)18-35/h15-16,19-20,28,30H,6-14,17-18,21H2,1-5H3/t28-,30+,35-/m0/s1. The van der Waals surface area contributed by atoms with Crippen LogP contribution in [0.25, 0.3) is 22.0 Å². The highest BCUT2D eigenvalue weighted by molar-refractivity contribution is 6.07. The molecule has 1 amide bonds. The van der Waals surface area contributed by atoms with Crippen LogP contribution >= 0.6 is 0 Å². The van der Waals surface area contributed by atoms with Gasteiger partial charge in [-0.1, -0.05) is 40.0 Å². The third-order valence-electron chi connectivity index (χ3n) is 10.4. The summed E-state index contributed by atoms with van der Waals surface area (Å²) >= 11 is 0. The SMILES string of the molecule is CCC(=O)[C@@H]1C[C@]23CCCC(C)(C)CCCCCc4cc(-c5cnc(C)nc5)cc5c(C(C)=O)nn(c45)CC(=O)N1[C@@H]2C3. The van der Waals surface area contributed by atoms with Gasteiger partial charge in [0.2, 0.25) is 5.91 Å². The summed E-state index contributed by atoms with van der Waals surface area (Å²) in [5, 5.41) is 5.53.